The molecule has 1 aromatic heterocycles. The van der Waals surface area contributed by atoms with Gasteiger partial charge in [0.1, 0.15) is 0 Å². The number of nitrogens with zero attached hydrogens (tertiary/aromatic N) is 2. The molecule has 0 radical (unpaired) electrons. The lowest BCUT2D eigenvalue weighted by Crippen LogP contribution is -2.24. The van der Waals surface area contributed by atoms with E-state index in [9.17, 15) is 4.79 Å². The fourth-order valence-corrected chi connectivity index (χ4v) is 1.16. The lowest BCUT2D eigenvalue weighted by molar-refractivity contribution is 0.0953. The van der Waals surface area contributed by atoms with Crippen LogP contribution in [0.2, 0.25) is 5.02 Å². The van der Waals surface area contributed by atoms with E-state index in [4.69, 9.17) is 18.0 Å². The molecular weight excluding hydrogens is 202 g/mol. The summed E-state index contributed by atoms with van der Waals surface area (Å²) < 4.78 is 1.59. The van der Waals surface area contributed by atoms with E-state index in [1.807, 2.05) is 6.92 Å². The van der Waals surface area contributed by atoms with Crippen LogP contribution >= 0.6 is 11.6 Å². The Hall–Kier alpha value is -1.47. The maximum absolute atomic E-state index is 11.4. The predicted molar refractivity (Wildman–Crippen MR) is 54.1 cm³/mol. The molecule has 5 heteroatoms. The fraction of sp³-hybridized carbons (Fsp3) is 0.333. The zero-order valence-corrected chi connectivity index (χ0v) is 8.51. The van der Waals surface area contributed by atoms with Gasteiger partial charge in [0.15, 0.2) is 5.69 Å². The topological polar surface area (TPSA) is 46.9 Å². The van der Waals surface area contributed by atoms with Crippen molar-refractivity contribution < 1.29 is 4.79 Å². The van der Waals surface area contributed by atoms with Gasteiger partial charge in [0, 0.05) is 12.7 Å². The average molecular weight is 212 g/mol. The second-order valence-corrected chi connectivity index (χ2v) is 2.98. The van der Waals surface area contributed by atoms with Crippen molar-refractivity contribution in [2.24, 2.45) is 0 Å². The zero-order chi connectivity index (χ0) is 10.6. The fourth-order valence-electron chi connectivity index (χ4n) is 0.928. The van der Waals surface area contributed by atoms with E-state index in [2.05, 4.69) is 16.3 Å². The Morgan fingerprint density at radius 1 is 1.86 bits per heavy atom. The quantitative estimate of drug-likeness (QED) is 0.756. The highest BCUT2D eigenvalue weighted by Gasteiger charge is 2.13. The smallest absolute Gasteiger partial charge is 0.274 e. The van der Waals surface area contributed by atoms with Crippen LogP contribution in [0.1, 0.15) is 17.4 Å². The standard InChI is InChI=1S/C9H10ClN3O/c1-3-5-11-9(14)8-7(10)6-13(4-2)12-8/h1,6H,4-5H2,2H3,(H,11,14). The molecule has 0 atom stereocenters. The van der Waals surface area contributed by atoms with Crippen LogP contribution in [0.25, 0.3) is 0 Å². The molecule has 0 aromatic carbocycles. The van der Waals surface area contributed by atoms with E-state index in [-0.39, 0.29) is 18.1 Å². The van der Waals surface area contributed by atoms with Crippen molar-refractivity contribution in [3.8, 4) is 12.3 Å². The minimum atomic E-state index is -0.347. The number of hydrogen-bond donors (Lipinski definition) is 1. The molecule has 1 amide bonds. The molecule has 0 fully saturated rings. The van der Waals surface area contributed by atoms with E-state index in [0.717, 1.165) is 0 Å². The van der Waals surface area contributed by atoms with Crippen molar-refractivity contribution in [2.75, 3.05) is 6.54 Å². The lowest BCUT2D eigenvalue weighted by atomic mass is 10.4. The molecule has 14 heavy (non-hydrogen) atoms. The molecule has 0 bridgehead atoms. The van der Waals surface area contributed by atoms with Crippen LogP contribution in [0.5, 0.6) is 0 Å². The molecule has 1 rings (SSSR count). The Balaban J connectivity index is 2.79. The van der Waals surface area contributed by atoms with E-state index >= 15 is 0 Å². The normalized spacial score (nSPS) is 9.50. The van der Waals surface area contributed by atoms with Crippen LogP contribution in [-0.4, -0.2) is 22.2 Å². The van der Waals surface area contributed by atoms with Gasteiger partial charge >= 0.3 is 0 Å². The number of carbonyl (C=O) groups excluding carboxylic acids is 1. The first kappa shape index (κ1) is 10.6. The van der Waals surface area contributed by atoms with Crippen LogP contribution < -0.4 is 5.32 Å². The third-order valence-electron chi connectivity index (χ3n) is 1.61. The summed E-state index contributed by atoms with van der Waals surface area (Å²) in [6.07, 6.45) is 6.60. The summed E-state index contributed by atoms with van der Waals surface area (Å²) >= 11 is 5.80. The van der Waals surface area contributed by atoms with Gasteiger partial charge in [-0.15, -0.1) is 6.42 Å². The third kappa shape index (κ3) is 2.27. The molecule has 0 aliphatic carbocycles. The summed E-state index contributed by atoms with van der Waals surface area (Å²) in [4.78, 5) is 11.4. The Morgan fingerprint density at radius 2 is 2.57 bits per heavy atom. The molecule has 1 aromatic rings. The molecule has 0 aliphatic rings. The van der Waals surface area contributed by atoms with Crippen molar-refractivity contribution in [1.82, 2.24) is 15.1 Å². The zero-order valence-electron chi connectivity index (χ0n) is 7.75. The number of halogens is 1. The van der Waals surface area contributed by atoms with Gasteiger partial charge in [-0.1, -0.05) is 17.5 Å². The van der Waals surface area contributed by atoms with Crippen molar-refractivity contribution in [1.29, 1.82) is 0 Å². The predicted octanol–water partition coefficient (Wildman–Crippen LogP) is 0.919. The van der Waals surface area contributed by atoms with Gasteiger partial charge in [-0.2, -0.15) is 5.10 Å². The number of hydrogen-bond acceptors (Lipinski definition) is 2. The van der Waals surface area contributed by atoms with Crippen LogP contribution in [-0.2, 0) is 6.54 Å². The van der Waals surface area contributed by atoms with Crippen LogP contribution in [0, 0.1) is 12.3 Å². The minimum Gasteiger partial charge on any atom is -0.340 e. The molecule has 0 aliphatic heterocycles. The molecular formula is C9H10ClN3O. The van der Waals surface area contributed by atoms with Crippen molar-refractivity contribution in [2.45, 2.75) is 13.5 Å². The highest BCUT2D eigenvalue weighted by molar-refractivity contribution is 6.33. The van der Waals surface area contributed by atoms with Crippen molar-refractivity contribution >= 4 is 17.5 Å². The van der Waals surface area contributed by atoms with E-state index in [1.165, 1.54) is 0 Å². The summed E-state index contributed by atoms with van der Waals surface area (Å²) in [5, 5.41) is 6.81. The molecule has 0 unspecified atom stereocenters. The molecule has 0 saturated carbocycles. The summed E-state index contributed by atoms with van der Waals surface area (Å²) in [5.74, 6) is 1.95. The van der Waals surface area contributed by atoms with Gasteiger partial charge in [0.25, 0.3) is 5.91 Å². The Kier molecular flexibility index (Phi) is 3.55. The summed E-state index contributed by atoms with van der Waals surface area (Å²) in [6.45, 7) is 2.75. The minimum absolute atomic E-state index is 0.175. The maximum Gasteiger partial charge on any atom is 0.274 e. The van der Waals surface area contributed by atoms with E-state index in [0.29, 0.717) is 11.6 Å². The van der Waals surface area contributed by atoms with E-state index in [1.54, 1.807) is 10.9 Å². The molecule has 1 heterocycles. The van der Waals surface area contributed by atoms with Crippen LogP contribution in [0.3, 0.4) is 0 Å². The monoisotopic (exact) mass is 211 g/mol. The number of carbonyl (C=O) groups is 1. The Bertz CT molecular complexity index is 378. The summed E-state index contributed by atoms with van der Waals surface area (Å²) in [6, 6.07) is 0. The van der Waals surface area contributed by atoms with Crippen molar-refractivity contribution in [3.63, 3.8) is 0 Å². The molecule has 0 spiro atoms. The Morgan fingerprint density at radius 3 is 3.07 bits per heavy atom. The van der Waals surface area contributed by atoms with Gasteiger partial charge in [-0.3, -0.25) is 9.48 Å². The lowest BCUT2D eigenvalue weighted by Gasteiger charge is -1.97. The molecule has 4 nitrogen and oxygen atoms in total. The number of nitrogens with one attached hydrogen (secondary N) is 1. The van der Waals surface area contributed by atoms with Crippen LogP contribution in [0.15, 0.2) is 6.20 Å². The average Bonchev–Trinajstić information content (AvgIpc) is 2.56. The number of rotatable bonds is 3. The first-order valence-corrected chi connectivity index (χ1v) is 4.51. The second-order valence-electron chi connectivity index (χ2n) is 2.57. The highest BCUT2D eigenvalue weighted by Crippen LogP contribution is 2.13. The number of aromatic nitrogens is 2. The summed E-state index contributed by atoms with van der Waals surface area (Å²) in [7, 11) is 0. The molecule has 74 valence electrons. The number of aryl methyl sites for hydroxylation is 1. The number of terminal acetylenes is 1. The van der Waals surface area contributed by atoms with Crippen molar-refractivity contribution in [3.05, 3.63) is 16.9 Å². The molecule has 1 N–H and O–H groups in total. The first-order valence-electron chi connectivity index (χ1n) is 4.13. The van der Waals surface area contributed by atoms with Gasteiger partial charge in [-0.25, -0.2) is 0 Å². The largest absolute Gasteiger partial charge is 0.340 e. The molecule has 0 saturated heterocycles. The maximum atomic E-state index is 11.4. The second kappa shape index (κ2) is 4.68. The number of amides is 1. The highest BCUT2D eigenvalue weighted by atomic mass is 35.5. The Labute approximate surface area is 87.2 Å². The summed E-state index contributed by atoms with van der Waals surface area (Å²) in [5.41, 5.74) is 0.212. The SMILES string of the molecule is C#CCNC(=O)c1nn(CC)cc1Cl. The van der Waals surface area contributed by atoms with Gasteiger partial charge < -0.3 is 5.32 Å². The van der Waals surface area contributed by atoms with Gasteiger partial charge in [0.2, 0.25) is 0 Å². The first-order chi connectivity index (χ1) is 6.69. The van der Waals surface area contributed by atoms with Gasteiger partial charge in [0.05, 0.1) is 11.6 Å². The van der Waals surface area contributed by atoms with E-state index < -0.39 is 0 Å². The third-order valence-corrected chi connectivity index (χ3v) is 1.88. The van der Waals surface area contributed by atoms with Crippen LogP contribution in [0.4, 0.5) is 0 Å². The van der Waals surface area contributed by atoms with Gasteiger partial charge in [-0.05, 0) is 6.92 Å².